The van der Waals surface area contributed by atoms with Crippen LogP contribution in [0.15, 0.2) is 0 Å². The van der Waals surface area contributed by atoms with Gasteiger partial charge in [-0.05, 0) is 20.3 Å². The highest BCUT2D eigenvalue weighted by Crippen LogP contribution is 2.30. The third-order valence-corrected chi connectivity index (χ3v) is 2.32. The van der Waals surface area contributed by atoms with E-state index in [2.05, 4.69) is 0 Å². The number of hydrogen-bond donors (Lipinski definition) is 1. The number of primary amides is 1. The summed E-state index contributed by atoms with van der Waals surface area (Å²) in [4.78, 5) is 21.7. The average molecular weight is 171 g/mol. The quantitative estimate of drug-likeness (QED) is 0.603. The minimum Gasteiger partial charge on any atom is -0.461 e. The molecular formula is C8H13NO3. The Labute approximate surface area is 71.1 Å². The lowest BCUT2D eigenvalue weighted by molar-refractivity contribution is -0.148. The lowest BCUT2D eigenvalue weighted by Crippen LogP contribution is -2.41. The van der Waals surface area contributed by atoms with E-state index in [1.54, 1.807) is 13.8 Å². The standard InChI is InChI=1S/C8H13NO3/c1-8(2,7(9)11)5-3-4-6(10)12-5/h5H,3-4H2,1-2H3,(H2,9,11). The number of rotatable bonds is 2. The van der Waals surface area contributed by atoms with Gasteiger partial charge < -0.3 is 10.5 Å². The molecule has 1 unspecified atom stereocenters. The predicted octanol–water partition coefficient (Wildman–Crippen LogP) is 0.203. The molecule has 68 valence electrons. The van der Waals surface area contributed by atoms with E-state index in [1.807, 2.05) is 0 Å². The maximum atomic E-state index is 10.9. The first kappa shape index (κ1) is 9.03. The van der Waals surface area contributed by atoms with Crippen LogP contribution in [0, 0.1) is 5.41 Å². The number of esters is 1. The molecule has 1 aliphatic heterocycles. The van der Waals surface area contributed by atoms with Crippen LogP contribution in [0.2, 0.25) is 0 Å². The summed E-state index contributed by atoms with van der Waals surface area (Å²) in [6, 6.07) is 0. The molecule has 4 heteroatoms. The number of amides is 1. The van der Waals surface area contributed by atoms with Crippen molar-refractivity contribution in [2.45, 2.75) is 32.8 Å². The van der Waals surface area contributed by atoms with Crippen molar-refractivity contribution >= 4 is 11.9 Å². The smallest absolute Gasteiger partial charge is 0.306 e. The molecule has 0 radical (unpaired) electrons. The van der Waals surface area contributed by atoms with E-state index in [0.717, 1.165) is 0 Å². The Morgan fingerprint density at radius 3 is 2.58 bits per heavy atom. The molecule has 0 aromatic carbocycles. The average Bonchev–Trinajstić information content (AvgIpc) is 2.35. The molecule has 0 aliphatic carbocycles. The van der Waals surface area contributed by atoms with Gasteiger partial charge in [-0.15, -0.1) is 0 Å². The predicted molar refractivity (Wildman–Crippen MR) is 42.1 cm³/mol. The van der Waals surface area contributed by atoms with E-state index in [4.69, 9.17) is 10.5 Å². The molecule has 2 N–H and O–H groups in total. The Morgan fingerprint density at radius 1 is 1.67 bits per heavy atom. The highest BCUT2D eigenvalue weighted by molar-refractivity contribution is 5.82. The molecule has 1 aliphatic rings. The maximum absolute atomic E-state index is 10.9. The largest absolute Gasteiger partial charge is 0.461 e. The molecule has 1 rings (SSSR count). The number of hydrogen-bond acceptors (Lipinski definition) is 3. The molecule has 1 amide bonds. The summed E-state index contributed by atoms with van der Waals surface area (Å²) < 4.78 is 4.95. The zero-order valence-electron chi connectivity index (χ0n) is 7.29. The van der Waals surface area contributed by atoms with Crippen LogP contribution in [0.1, 0.15) is 26.7 Å². The van der Waals surface area contributed by atoms with E-state index in [9.17, 15) is 9.59 Å². The molecule has 0 spiro atoms. The third-order valence-electron chi connectivity index (χ3n) is 2.32. The minimum absolute atomic E-state index is 0.241. The fourth-order valence-electron chi connectivity index (χ4n) is 1.19. The van der Waals surface area contributed by atoms with Crippen LogP contribution in [0.5, 0.6) is 0 Å². The van der Waals surface area contributed by atoms with Crippen molar-refractivity contribution in [3.63, 3.8) is 0 Å². The number of carbonyl (C=O) groups excluding carboxylic acids is 2. The van der Waals surface area contributed by atoms with Gasteiger partial charge in [0.15, 0.2) is 0 Å². The van der Waals surface area contributed by atoms with E-state index >= 15 is 0 Å². The van der Waals surface area contributed by atoms with Gasteiger partial charge in [-0.3, -0.25) is 9.59 Å². The zero-order valence-corrected chi connectivity index (χ0v) is 7.29. The van der Waals surface area contributed by atoms with Gasteiger partial charge in [0.2, 0.25) is 5.91 Å². The van der Waals surface area contributed by atoms with Crippen LogP contribution in [-0.4, -0.2) is 18.0 Å². The van der Waals surface area contributed by atoms with E-state index in [1.165, 1.54) is 0 Å². The van der Waals surface area contributed by atoms with Crippen molar-refractivity contribution in [3.05, 3.63) is 0 Å². The van der Waals surface area contributed by atoms with Crippen molar-refractivity contribution in [2.75, 3.05) is 0 Å². The minimum atomic E-state index is -0.744. The summed E-state index contributed by atoms with van der Waals surface area (Å²) in [6.07, 6.45) is 0.637. The Morgan fingerprint density at radius 2 is 2.25 bits per heavy atom. The fraction of sp³-hybridized carbons (Fsp3) is 0.750. The first-order valence-corrected chi connectivity index (χ1v) is 3.94. The van der Waals surface area contributed by atoms with Gasteiger partial charge in [0, 0.05) is 6.42 Å². The molecule has 0 aromatic heterocycles. The van der Waals surface area contributed by atoms with E-state index in [0.29, 0.717) is 12.8 Å². The molecule has 1 saturated heterocycles. The Kier molecular flexibility index (Phi) is 2.08. The number of cyclic esters (lactones) is 1. The molecule has 12 heavy (non-hydrogen) atoms. The van der Waals surface area contributed by atoms with Gasteiger partial charge in [0.1, 0.15) is 6.10 Å². The van der Waals surface area contributed by atoms with Crippen molar-refractivity contribution < 1.29 is 14.3 Å². The first-order chi connectivity index (χ1) is 5.44. The maximum Gasteiger partial charge on any atom is 0.306 e. The van der Waals surface area contributed by atoms with Crippen LogP contribution < -0.4 is 5.73 Å². The highest BCUT2D eigenvalue weighted by Gasteiger charge is 2.41. The monoisotopic (exact) mass is 171 g/mol. The number of nitrogens with two attached hydrogens (primary N) is 1. The number of ether oxygens (including phenoxy) is 1. The summed E-state index contributed by atoms with van der Waals surface area (Å²) in [5.74, 6) is -0.670. The second kappa shape index (κ2) is 2.77. The summed E-state index contributed by atoms with van der Waals surface area (Å²) in [6.45, 7) is 3.39. The molecule has 1 fully saturated rings. The van der Waals surface area contributed by atoms with Crippen molar-refractivity contribution in [1.29, 1.82) is 0 Å². The summed E-state index contributed by atoms with van der Waals surface area (Å²) in [7, 11) is 0. The van der Waals surface area contributed by atoms with Gasteiger partial charge >= 0.3 is 5.97 Å². The SMILES string of the molecule is CC(C)(C(N)=O)C1CCC(=O)O1. The molecular weight excluding hydrogens is 158 g/mol. The Bertz CT molecular complexity index is 222. The van der Waals surface area contributed by atoms with Crippen LogP contribution >= 0.6 is 0 Å². The van der Waals surface area contributed by atoms with Gasteiger partial charge in [-0.25, -0.2) is 0 Å². The van der Waals surface area contributed by atoms with Crippen molar-refractivity contribution in [3.8, 4) is 0 Å². The summed E-state index contributed by atoms with van der Waals surface area (Å²) in [5, 5.41) is 0. The highest BCUT2D eigenvalue weighted by atomic mass is 16.6. The van der Waals surface area contributed by atoms with Crippen molar-refractivity contribution in [1.82, 2.24) is 0 Å². The zero-order chi connectivity index (χ0) is 9.35. The fourth-order valence-corrected chi connectivity index (χ4v) is 1.19. The van der Waals surface area contributed by atoms with Crippen LogP contribution in [0.25, 0.3) is 0 Å². The molecule has 0 bridgehead atoms. The van der Waals surface area contributed by atoms with Gasteiger partial charge in [-0.1, -0.05) is 0 Å². The Balaban J connectivity index is 2.70. The third kappa shape index (κ3) is 1.42. The number of carbonyl (C=O) groups is 2. The first-order valence-electron chi connectivity index (χ1n) is 3.94. The van der Waals surface area contributed by atoms with E-state index in [-0.39, 0.29) is 12.1 Å². The van der Waals surface area contributed by atoms with Crippen LogP contribution in [0.3, 0.4) is 0 Å². The van der Waals surface area contributed by atoms with E-state index < -0.39 is 11.3 Å². The van der Waals surface area contributed by atoms with Gasteiger partial charge in [0.25, 0.3) is 0 Å². The molecule has 0 aromatic rings. The molecule has 4 nitrogen and oxygen atoms in total. The van der Waals surface area contributed by atoms with Gasteiger partial charge in [-0.2, -0.15) is 0 Å². The second-order valence-electron chi connectivity index (χ2n) is 3.60. The van der Waals surface area contributed by atoms with Crippen LogP contribution in [-0.2, 0) is 14.3 Å². The van der Waals surface area contributed by atoms with Gasteiger partial charge in [0.05, 0.1) is 5.41 Å². The Hall–Kier alpha value is -1.06. The molecule has 1 heterocycles. The lowest BCUT2D eigenvalue weighted by Gasteiger charge is -2.26. The lowest BCUT2D eigenvalue weighted by atomic mass is 9.84. The normalized spacial score (nSPS) is 23.8. The molecule has 1 atom stereocenters. The molecule has 0 saturated carbocycles. The summed E-state index contributed by atoms with van der Waals surface area (Å²) >= 11 is 0. The topological polar surface area (TPSA) is 69.4 Å². The van der Waals surface area contributed by atoms with Crippen LogP contribution in [0.4, 0.5) is 0 Å². The summed E-state index contributed by atoms with van der Waals surface area (Å²) in [5.41, 5.74) is 4.42. The second-order valence-corrected chi connectivity index (χ2v) is 3.60. The van der Waals surface area contributed by atoms with Crippen molar-refractivity contribution in [2.24, 2.45) is 11.1 Å².